The summed E-state index contributed by atoms with van der Waals surface area (Å²) in [6.45, 7) is 1.48. The zero-order chi connectivity index (χ0) is 26.0. The van der Waals surface area contributed by atoms with Crippen molar-refractivity contribution in [3.8, 4) is 5.75 Å². The summed E-state index contributed by atoms with van der Waals surface area (Å²) in [4.78, 5) is 55.2. The molecule has 2 aromatic carbocycles. The Hall–Kier alpha value is -4.67. The predicted octanol–water partition coefficient (Wildman–Crippen LogP) is 1.67. The van der Waals surface area contributed by atoms with Crippen LogP contribution in [-0.4, -0.2) is 37.7 Å². The first-order valence-corrected chi connectivity index (χ1v) is 11.0. The molecule has 11 nitrogen and oxygen atoms in total. The Morgan fingerprint density at radius 3 is 2.47 bits per heavy atom. The highest BCUT2D eigenvalue weighted by Crippen LogP contribution is 2.28. The number of aryl methyl sites for hydroxylation is 2. The minimum atomic E-state index is -1.27. The third-order valence-corrected chi connectivity index (χ3v) is 5.72. The Morgan fingerprint density at radius 2 is 1.78 bits per heavy atom. The number of benzene rings is 2. The Bertz CT molecular complexity index is 1570. The van der Waals surface area contributed by atoms with E-state index in [4.69, 9.17) is 9.47 Å². The van der Waals surface area contributed by atoms with Crippen LogP contribution in [0.1, 0.15) is 17.2 Å². The fourth-order valence-electron chi connectivity index (χ4n) is 3.84. The molecule has 0 aliphatic heterocycles. The van der Waals surface area contributed by atoms with Gasteiger partial charge in [0.2, 0.25) is 6.10 Å². The van der Waals surface area contributed by atoms with Gasteiger partial charge in [-0.05, 0) is 24.6 Å². The van der Waals surface area contributed by atoms with Gasteiger partial charge in [-0.3, -0.25) is 23.5 Å². The van der Waals surface area contributed by atoms with Crippen LogP contribution >= 0.6 is 0 Å². The highest BCUT2D eigenvalue weighted by atomic mass is 16.5. The minimum absolute atomic E-state index is 0.0711. The molecule has 11 heteroatoms. The maximum Gasteiger partial charge on any atom is 0.332 e. The van der Waals surface area contributed by atoms with Crippen LogP contribution in [0.4, 0.5) is 5.69 Å². The molecule has 0 unspecified atom stereocenters. The first-order chi connectivity index (χ1) is 17.2. The van der Waals surface area contributed by atoms with E-state index >= 15 is 0 Å². The van der Waals surface area contributed by atoms with Crippen LogP contribution in [-0.2, 0) is 35.0 Å². The van der Waals surface area contributed by atoms with Crippen molar-refractivity contribution in [1.29, 1.82) is 0 Å². The van der Waals surface area contributed by atoms with Gasteiger partial charge < -0.3 is 19.4 Å². The number of amides is 1. The molecule has 0 fully saturated rings. The number of aromatic nitrogens is 4. The van der Waals surface area contributed by atoms with Gasteiger partial charge in [-0.1, -0.05) is 36.4 Å². The van der Waals surface area contributed by atoms with Crippen LogP contribution in [0.5, 0.6) is 5.75 Å². The van der Waals surface area contributed by atoms with Crippen molar-refractivity contribution in [2.45, 2.75) is 19.6 Å². The van der Waals surface area contributed by atoms with Crippen molar-refractivity contribution in [2.24, 2.45) is 14.1 Å². The van der Waals surface area contributed by atoms with E-state index in [1.54, 1.807) is 42.5 Å². The Labute approximate surface area is 205 Å². The maximum atomic E-state index is 13.3. The molecule has 0 spiro atoms. The number of hydrogen-bond acceptors (Lipinski definition) is 7. The van der Waals surface area contributed by atoms with E-state index in [9.17, 15) is 19.2 Å². The smallest absolute Gasteiger partial charge is 0.332 e. The van der Waals surface area contributed by atoms with Gasteiger partial charge in [-0.2, -0.15) is 0 Å². The van der Waals surface area contributed by atoms with Gasteiger partial charge in [-0.15, -0.1) is 0 Å². The highest BCUT2D eigenvalue weighted by Gasteiger charge is 2.27. The number of fused-ring (bicyclic) bond motifs is 1. The fourth-order valence-corrected chi connectivity index (χ4v) is 3.84. The lowest BCUT2D eigenvalue weighted by atomic mass is 10.1. The van der Waals surface area contributed by atoms with Gasteiger partial charge in [0.05, 0.1) is 19.1 Å². The van der Waals surface area contributed by atoms with Crippen LogP contribution in [0, 0.1) is 6.92 Å². The number of anilines is 1. The Kier molecular flexibility index (Phi) is 6.73. The monoisotopic (exact) mass is 491 g/mol. The molecule has 0 radical (unpaired) electrons. The molecule has 0 aliphatic rings. The molecular weight excluding hydrogens is 466 g/mol. The average Bonchev–Trinajstić information content (AvgIpc) is 3.29. The number of carbonyl (C=O) groups excluding carboxylic acids is 2. The normalized spacial score (nSPS) is 11.8. The summed E-state index contributed by atoms with van der Waals surface area (Å²) in [5.41, 5.74) is 0.882. The summed E-state index contributed by atoms with van der Waals surface area (Å²) in [5, 5.41) is 2.77. The van der Waals surface area contributed by atoms with Crippen LogP contribution < -0.4 is 21.3 Å². The summed E-state index contributed by atoms with van der Waals surface area (Å²) >= 11 is 0. The number of carbonyl (C=O) groups is 2. The Morgan fingerprint density at radius 1 is 1.06 bits per heavy atom. The first kappa shape index (κ1) is 24.5. The zero-order valence-electron chi connectivity index (χ0n) is 20.2. The van der Waals surface area contributed by atoms with E-state index in [0.29, 0.717) is 17.0 Å². The van der Waals surface area contributed by atoms with E-state index in [-0.39, 0.29) is 11.2 Å². The lowest BCUT2D eigenvalue weighted by Crippen LogP contribution is -2.37. The minimum Gasteiger partial charge on any atom is -0.495 e. The van der Waals surface area contributed by atoms with Gasteiger partial charge >= 0.3 is 11.7 Å². The number of esters is 1. The van der Waals surface area contributed by atoms with Crippen molar-refractivity contribution in [3.63, 3.8) is 0 Å². The summed E-state index contributed by atoms with van der Waals surface area (Å²) in [6, 6.07) is 13.9. The average molecular weight is 492 g/mol. The van der Waals surface area contributed by atoms with Crippen molar-refractivity contribution in [2.75, 3.05) is 12.4 Å². The zero-order valence-corrected chi connectivity index (χ0v) is 20.2. The molecule has 0 saturated heterocycles. The second kappa shape index (κ2) is 9.90. The number of nitrogens with one attached hydrogen (secondary N) is 1. The number of methoxy groups -OCH3 is 1. The molecule has 1 N–H and O–H groups in total. The molecule has 2 aromatic heterocycles. The molecule has 1 amide bonds. The molecule has 1 atom stereocenters. The number of hydrogen-bond donors (Lipinski definition) is 1. The molecule has 0 aliphatic carbocycles. The predicted molar refractivity (Wildman–Crippen MR) is 132 cm³/mol. The number of imidazole rings is 1. The van der Waals surface area contributed by atoms with Crippen LogP contribution in [0.15, 0.2) is 64.4 Å². The van der Waals surface area contributed by atoms with Gasteiger partial charge in [-0.25, -0.2) is 9.78 Å². The van der Waals surface area contributed by atoms with Crippen LogP contribution in [0.2, 0.25) is 0 Å². The molecule has 4 aromatic rings. The Balaban J connectivity index is 1.63. The van der Waals surface area contributed by atoms with Crippen molar-refractivity contribution >= 4 is 28.7 Å². The molecule has 36 heavy (non-hydrogen) atoms. The standard InChI is InChI=1S/C25H25N5O6/c1-15-10-11-18(35-4)17(12-15)27-23(32)21(16-8-6-5-7-9-16)36-19(31)13-30-14-26-22-20(30)24(33)29(3)25(34)28(22)2/h5-12,14,21H,13H2,1-4H3,(H,27,32)/t21-/m0/s1. The highest BCUT2D eigenvalue weighted by molar-refractivity contribution is 5.97. The second-order valence-electron chi connectivity index (χ2n) is 8.22. The third-order valence-electron chi connectivity index (χ3n) is 5.72. The van der Waals surface area contributed by atoms with Gasteiger partial charge in [0.15, 0.2) is 11.2 Å². The number of ether oxygens (including phenoxy) is 2. The molecule has 0 saturated carbocycles. The van der Waals surface area contributed by atoms with Gasteiger partial charge in [0, 0.05) is 19.7 Å². The lowest BCUT2D eigenvalue weighted by Gasteiger charge is -2.19. The van der Waals surface area contributed by atoms with E-state index in [2.05, 4.69) is 10.3 Å². The number of rotatable bonds is 7. The summed E-state index contributed by atoms with van der Waals surface area (Å²) in [6.07, 6.45) is 0.00741. The maximum absolute atomic E-state index is 13.3. The molecule has 0 bridgehead atoms. The number of nitrogens with zero attached hydrogens (tertiary/aromatic N) is 4. The second-order valence-corrected chi connectivity index (χ2v) is 8.22. The van der Waals surface area contributed by atoms with Gasteiger partial charge in [0.25, 0.3) is 11.5 Å². The molecule has 4 rings (SSSR count). The molecule has 2 heterocycles. The quantitative estimate of drug-likeness (QED) is 0.390. The molecular formula is C25H25N5O6. The third kappa shape index (κ3) is 4.63. The van der Waals surface area contributed by atoms with E-state index in [1.807, 2.05) is 13.0 Å². The topological polar surface area (TPSA) is 126 Å². The molecule has 186 valence electrons. The van der Waals surface area contributed by atoms with Crippen molar-refractivity contribution in [3.05, 3.63) is 86.8 Å². The summed E-state index contributed by atoms with van der Waals surface area (Å²) in [5.74, 6) is -0.893. The van der Waals surface area contributed by atoms with E-state index in [0.717, 1.165) is 10.1 Å². The van der Waals surface area contributed by atoms with Crippen molar-refractivity contribution in [1.82, 2.24) is 18.7 Å². The van der Waals surface area contributed by atoms with E-state index < -0.39 is 35.8 Å². The largest absolute Gasteiger partial charge is 0.495 e. The summed E-state index contributed by atoms with van der Waals surface area (Å²) < 4.78 is 14.4. The van der Waals surface area contributed by atoms with Gasteiger partial charge in [0.1, 0.15) is 12.3 Å². The SMILES string of the molecule is COc1ccc(C)cc1NC(=O)[C@@H](OC(=O)Cn1cnc2c1c(=O)n(C)c(=O)n2C)c1ccccc1. The lowest BCUT2D eigenvalue weighted by molar-refractivity contribution is -0.155. The summed E-state index contributed by atoms with van der Waals surface area (Å²) in [7, 11) is 4.31. The van der Waals surface area contributed by atoms with E-state index in [1.165, 1.54) is 36.7 Å². The van der Waals surface area contributed by atoms with Crippen LogP contribution in [0.3, 0.4) is 0 Å². The fraction of sp³-hybridized carbons (Fsp3) is 0.240. The van der Waals surface area contributed by atoms with Crippen molar-refractivity contribution < 1.29 is 19.1 Å². The van der Waals surface area contributed by atoms with Crippen LogP contribution in [0.25, 0.3) is 11.2 Å². The first-order valence-electron chi connectivity index (χ1n) is 11.0.